The zero-order valence-corrected chi connectivity index (χ0v) is 12.7. The van der Waals surface area contributed by atoms with E-state index in [-0.39, 0.29) is 5.56 Å². The van der Waals surface area contributed by atoms with Gasteiger partial charge in [-0.25, -0.2) is 4.79 Å². The molecule has 0 atom stereocenters. The molecule has 112 valence electrons. The van der Waals surface area contributed by atoms with Gasteiger partial charge in [0.25, 0.3) is 0 Å². The van der Waals surface area contributed by atoms with Crippen molar-refractivity contribution in [1.29, 1.82) is 0 Å². The number of carboxylic acids is 1. The number of hydrogen-bond donors (Lipinski definition) is 2. The molecule has 0 bridgehead atoms. The van der Waals surface area contributed by atoms with Gasteiger partial charge in [0.2, 0.25) is 0 Å². The molecule has 0 amide bonds. The van der Waals surface area contributed by atoms with Crippen LogP contribution in [0.2, 0.25) is 0 Å². The van der Waals surface area contributed by atoms with Crippen molar-refractivity contribution in [2.45, 2.75) is 13.3 Å². The molecule has 0 saturated heterocycles. The number of aromatic carboxylic acids is 1. The fraction of sp³-hybridized carbons (Fsp3) is 0.375. The van der Waals surface area contributed by atoms with Crippen LogP contribution in [0.1, 0.15) is 22.5 Å². The molecule has 0 spiro atoms. The summed E-state index contributed by atoms with van der Waals surface area (Å²) < 4.78 is 0. The van der Waals surface area contributed by atoms with Gasteiger partial charge in [0.15, 0.2) is 0 Å². The van der Waals surface area contributed by atoms with Gasteiger partial charge in [-0.2, -0.15) is 0 Å². The second-order valence-electron chi connectivity index (χ2n) is 5.43. The van der Waals surface area contributed by atoms with Crippen molar-refractivity contribution in [3.63, 3.8) is 0 Å². The minimum Gasteiger partial charge on any atom is -0.478 e. The Kier molecular flexibility index (Phi) is 4.75. The first-order chi connectivity index (χ1) is 9.97. The highest BCUT2D eigenvalue weighted by molar-refractivity contribution is 5.98. The van der Waals surface area contributed by atoms with E-state index in [1.165, 1.54) is 0 Å². The number of aryl methyl sites for hydroxylation is 1. The number of fused-ring (bicyclic) bond motifs is 1. The van der Waals surface area contributed by atoms with E-state index in [0.29, 0.717) is 0 Å². The summed E-state index contributed by atoms with van der Waals surface area (Å²) in [6.07, 6.45) is 1.02. The predicted molar refractivity (Wildman–Crippen MR) is 85.1 cm³/mol. The summed E-state index contributed by atoms with van der Waals surface area (Å²) >= 11 is 0. The Morgan fingerprint density at radius 3 is 2.76 bits per heavy atom. The van der Waals surface area contributed by atoms with E-state index in [1.807, 2.05) is 27.1 Å². The average molecular weight is 287 g/mol. The fourth-order valence-corrected chi connectivity index (χ4v) is 2.26. The zero-order valence-electron chi connectivity index (χ0n) is 12.7. The van der Waals surface area contributed by atoms with E-state index in [2.05, 4.69) is 15.2 Å². The summed E-state index contributed by atoms with van der Waals surface area (Å²) in [5.41, 5.74) is 2.96. The number of benzene rings is 1. The predicted octanol–water partition coefficient (Wildman–Crippen LogP) is 2.61. The van der Waals surface area contributed by atoms with Crippen LogP contribution >= 0.6 is 0 Å². The standard InChI is InChI=1S/C16H21N3O2/c1-11-9-15(17-7-4-8-19(2)3)13-10-12(16(20)21)5-6-14(13)18-11/h5-6,9-10H,4,7-8H2,1-3H3,(H,17,18)(H,20,21). The average Bonchev–Trinajstić information content (AvgIpc) is 2.42. The third kappa shape index (κ3) is 3.92. The monoisotopic (exact) mass is 287 g/mol. The normalized spacial score (nSPS) is 11.0. The number of hydrogen-bond acceptors (Lipinski definition) is 4. The summed E-state index contributed by atoms with van der Waals surface area (Å²) in [6.45, 7) is 3.79. The summed E-state index contributed by atoms with van der Waals surface area (Å²) in [4.78, 5) is 17.7. The number of carboxylic acid groups (broad SMARTS) is 1. The number of anilines is 1. The molecule has 5 nitrogen and oxygen atoms in total. The van der Waals surface area contributed by atoms with Crippen LogP contribution in [0.25, 0.3) is 10.9 Å². The highest BCUT2D eigenvalue weighted by Gasteiger charge is 2.08. The largest absolute Gasteiger partial charge is 0.478 e. The maximum Gasteiger partial charge on any atom is 0.335 e. The van der Waals surface area contributed by atoms with Gasteiger partial charge >= 0.3 is 5.97 Å². The third-order valence-electron chi connectivity index (χ3n) is 3.28. The summed E-state index contributed by atoms with van der Waals surface area (Å²) in [5, 5.41) is 13.4. The zero-order chi connectivity index (χ0) is 15.4. The third-order valence-corrected chi connectivity index (χ3v) is 3.28. The van der Waals surface area contributed by atoms with Crippen molar-refractivity contribution in [3.05, 3.63) is 35.5 Å². The van der Waals surface area contributed by atoms with Gasteiger partial charge in [0.1, 0.15) is 0 Å². The van der Waals surface area contributed by atoms with E-state index in [4.69, 9.17) is 5.11 Å². The van der Waals surface area contributed by atoms with Crippen molar-refractivity contribution in [3.8, 4) is 0 Å². The molecule has 2 N–H and O–H groups in total. The molecule has 1 aromatic carbocycles. The summed E-state index contributed by atoms with van der Waals surface area (Å²) in [5.74, 6) is -0.920. The highest BCUT2D eigenvalue weighted by atomic mass is 16.4. The number of nitrogens with one attached hydrogen (secondary N) is 1. The lowest BCUT2D eigenvalue weighted by Crippen LogP contribution is -2.16. The maximum atomic E-state index is 11.1. The first-order valence-electron chi connectivity index (χ1n) is 7.00. The number of carbonyl (C=O) groups is 1. The number of nitrogens with zero attached hydrogens (tertiary/aromatic N) is 2. The SMILES string of the molecule is Cc1cc(NCCCN(C)C)c2cc(C(=O)O)ccc2n1. The Hall–Kier alpha value is -2.14. The van der Waals surface area contributed by atoms with Gasteiger partial charge in [-0.3, -0.25) is 4.98 Å². The van der Waals surface area contributed by atoms with Crippen molar-refractivity contribution >= 4 is 22.6 Å². The van der Waals surface area contributed by atoms with Crippen molar-refractivity contribution in [2.75, 3.05) is 32.5 Å². The molecule has 2 aromatic rings. The molecule has 1 aromatic heterocycles. The molecular formula is C16H21N3O2. The quantitative estimate of drug-likeness (QED) is 0.799. The second-order valence-corrected chi connectivity index (χ2v) is 5.43. The molecule has 0 aliphatic rings. The smallest absolute Gasteiger partial charge is 0.335 e. The van der Waals surface area contributed by atoms with E-state index < -0.39 is 5.97 Å². The Morgan fingerprint density at radius 2 is 2.10 bits per heavy atom. The summed E-state index contributed by atoms with van der Waals surface area (Å²) in [7, 11) is 4.09. The van der Waals surface area contributed by atoms with Gasteiger partial charge in [-0.15, -0.1) is 0 Å². The van der Waals surface area contributed by atoms with Crippen LogP contribution in [0.5, 0.6) is 0 Å². The highest BCUT2D eigenvalue weighted by Crippen LogP contribution is 2.24. The molecule has 0 aliphatic carbocycles. The van der Waals surface area contributed by atoms with Gasteiger partial charge in [-0.1, -0.05) is 0 Å². The fourth-order valence-electron chi connectivity index (χ4n) is 2.26. The first-order valence-corrected chi connectivity index (χ1v) is 7.00. The molecule has 0 aliphatic heterocycles. The Bertz CT molecular complexity index is 653. The van der Waals surface area contributed by atoms with E-state index in [1.54, 1.807) is 18.2 Å². The lowest BCUT2D eigenvalue weighted by Gasteiger charge is -2.13. The van der Waals surface area contributed by atoms with Crippen molar-refractivity contribution in [1.82, 2.24) is 9.88 Å². The topological polar surface area (TPSA) is 65.5 Å². The number of pyridine rings is 1. The lowest BCUT2D eigenvalue weighted by atomic mass is 10.1. The van der Waals surface area contributed by atoms with Gasteiger partial charge in [-0.05, 0) is 58.3 Å². The molecular weight excluding hydrogens is 266 g/mol. The molecule has 0 unspecified atom stereocenters. The van der Waals surface area contributed by atoms with Crippen LogP contribution in [-0.4, -0.2) is 48.1 Å². The molecule has 0 radical (unpaired) electrons. The summed E-state index contributed by atoms with van der Waals surface area (Å²) in [6, 6.07) is 6.99. The van der Waals surface area contributed by atoms with Gasteiger partial charge in [0, 0.05) is 23.3 Å². The van der Waals surface area contributed by atoms with Crippen molar-refractivity contribution < 1.29 is 9.90 Å². The Labute approximate surface area is 124 Å². The molecule has 21 heavy (non-hydrogen) atoms. The van der Waals surface area contributed by atoms with Crippen molar-refractivity contribution in [2.24, 2.45) is 0 Å². The second kappa shape index (κ2) is 6.54. The molecule has 1 heterocycles. The van der Waals surface area contributed by atoms with Crippen LogP contribution in [0.3, 0.4) is 0 Å². The molecule has 2 rings (SSSR count). The van der Waals surface area contributed by atoms with E-state index in [0.717, 1.165) is 41.8 Å². The van der Waals surface area contributed by atoms with E-state index >= 15 is 0 Å². The van der Waals surface area contributed by atoms with Crippen LogP contribution in [0.15, 0.2) is 24.3 Å². The van der Waals surface area contributed by atoms with Crippen LogP contribution < -0.4 is 5.32 Å². The van der Waals surface area contributed by atoms with Crippen LogP contribution in [0.4, 0.5) is 5.69 Å². The number of aromatic nitrogens is 1. The van der Waals surface area contributed by atoms with Gasteiger partial charge in [0.05, 0.1) is 11.1 Å². The molecule has 0 saturated carbocycles. The molecule has 0 fully saturated rings. The lowest BCUT2D eigenvalue weighted by molar-refractivity contribution is 0.0697. The van der Waals surface area contributed by atoms with Gasteiger partial charge < -0.3 is 15.3 Å². The number of rotatable bonds is 6. The maximum absolute atomic E-state index is 11.1. The van der Waals surface area contributed by atoms with E-state index in [9.17, 15) is 4.79 Å². The minimum atomic E-state index is -0.920. The Balaban J connectivity index is 2.27. The Morgan fingerprint density at radius 1 is 1.33 bits per heavy atom. The van der Waals surface area contributed by atoms with Crippen LogP contribution in [0, 0.1) is 6.92 Å². The first kappa shape index (κ1) is 15.3. The minimum absolute atomic E-state index is 0.282. The van der Waals surface area contributed by atoms with Crippen LogP contribution in [-0.2, 0) is 0 Å². The molecule has 5 heteroatoms.